The van der Waals surface area contributed by atoms with Crippen LogP contribution in [0.4, 0.5) is 13.2 Å². The lowest BCUT2D eigenvalue weighted by molar-refractivity contribution is -0.698. The van der Waals surface area contributed by atoms with Crippen LogP contribution in [0, 0.1) is 6.92 Å². The Balaban J connectivity index is 0.000000515. The Morgan fingerprint density at radius 1 is 1.30 bits per heavy atom. The highest BCUT2D eigenvalue weighted by molar-refractivity contribution is 7.86. The maximum atomic E-state index is 10.7. The molecule has 0 radical (unpaired) electrons. The van der Waals surface area contributed by atoms with Crippen molar-refractivity contribution >= 4 is 21.5 Å². The minimum absolute atomic E-state index is 0.261. The normalized spacial score (nSPS) is 12.0. The molecule has 0 aliphatic carbocycles. The number of aromatic nitrogens is 1. The van der Waals surface area contributed by atoms with Crippen molar-refractivity contribution in [3.63, 3.8) is 0 Å². The summed E-state index contributed by atoms with van der Waals surface area (Å²) in [6.07, 6.45) is 6.04. The first kappa shape index (κ1) is 22.3. The van der Waals surface area contributed by atoms with Crippen LogP contribution in [0.3, 0.4) is 0 Å². The zero-order chi connectivity index (χ0) is 18.1. The van der Waals surface area contributed by atoms with Crippen LogP contribution in [0.1, 0.15) is 43.2 Å². The molecule has 0 aliphatic rings. The lowest BCUT2D eigenvalue weighted by Crippen LogP contribution is -2.34. The fraction of sp³-hybridized carbons (Fsp3) is 0.769. The van der Waals surface area contributed by atoms with Crippen LogP contribution in [0.2, 0.25) is 0 Å². The minimum Gasteiger partial charge on any atom is -0.741 e. The number of aliphatic hydroxyl groups is 1. The number of hydrogen-bond donors (Lipinski definition) is 1. The van der Waals surface area contributed by atoms with E-state index in [-0.39, 0.29) is 6.61 Å². The Labute approximate surface area is 138 Å². The molecule has 0 amide bonds. The average molecular weight is 377 g/mol. The van der Waals surface area contributed by atoms with Gasteiger partial charge in [0.1, 0.15) is 6.54 Å². The molecule has 1 aromatic heterocycles. The zero-order valence-electron chi connectivity index (χ0n) is 13.1. The number of hydrogen-bond acceptors (Lipinski definition) is 5. The molecule has 0 unspecified atom stereocenters. The van der Waals surface area contributed by atoms with Gasteiger partial charge in [0.25, 0.3) is 0 Å². The van der Waals surface area contributed by atoms with Crippen LogP contribution in [-0.2, 0) is 23.1 Å². The summed E-state index contributed by atoms with van der Waals surface area (Å²) in [6, 6.07) is 0. The second kappa shape index (κ2) is 10.2. The Kier molecular flexibility index (Phi) is 9.90. The van der Waals surface area contributed by atoms with E-state index in [2.05, 4.69) is 23.9 Å². The second-order valence-electron chi connectivity index (χ2n) is 4.86. The lowest BCUT2D eigenvalue weighted by Gasteiger charge is -2.08. The van der Waals surface area contributed by atoms with Gasteiger partial charge >= 0.3 is 5.51 Å². The zero-order valence-corrected chi connectivity index (χ0v) is 14.7. The van der Waals surface area contributed by atoms with Crippen molar-refractivity contribution in [2.24, 2.45) is 0 Å². The molecule has 10 heteroatoms. The molecule has 136 valence electrons. The lowest BCUT2D eigenvalue weighted by atomic mass is 10.2. The van der Waals surface area contributed by atoms with E-state index in [1.54, 1.807) is 11.3 Å². The number of thiazole rings is 1. The number of nitrogens with zero attached hydrogens (tertiary/aromatic N) is 1. The number of rotatable bonds is 7. The molecule has 0 spiro atoms. The van der Waals surface area contributed by atoms with Gasteiger partial charge < -0.3 is 9.66 Å². The molecular weight excluding hydrogens is 355 g/mol. The minimum atomic E-state index is -6.09. The van der Waals surface area contributed by atoms with Crippen molar-refractivity contribution in [2.75, 3.05) is 6.61 Å². The summed E-state index contributed by atoms with van der Waals surface area (Å²) in [5.41, 5.74) is -2.12. The van der Waals surface area contributed by atoms with E-state index in [1.807, 2.05) is 0 Å². The molecule has 0 aromatic carbocycles. The summed E-state index contributed by atoms with van der Waals surface area (Å²) in [7, 11) is -6.09. The second-order valence-corrected chi connectivity index (χ2v) is 7.17. The molecule has 0 atom stereocenters. The molecule has 1 aromatic rings. The van der Waals surface area contributed by atoms with Crippen molar-refractivity contribution in [1.29, 1.82) is 0 Å². The Morgan fingerprint density at radius 2 is 1.87 bits per heavy atom. The van der Waals surface area contributed by atoms with E-state index >= 15 is 0 Å². The first-order valence-corrected chi connectivity index (χ1v) is 9.42. The van der Waals surface area contributed by atoms with E-state index in [1.165, 1.54) is 36.3 Å². The van der Waals surface area contributed by atoms with E-state index < -0.39 is 15.6 Å². The quantitative estimate of drug-likeness (QED) is 0.343. The molecular formula is C13H22F3NO4S2. The smallest absolute Gasteiger partial charge is 0.485 e. The summed E-state index contributed by atoms with van der Waals surface area (Å²) in [4.78, 5) is 1.33. The van der Waals surface area contributed by atoms with Gasteiger partial charge in [-0.3, -0.25) is 0 Å². The maximum absolute atomic E-state index is 10.7. The third-order valence-electron chi connectivity index (χ3n) is 3.03. The summed E-state index contributed by atoms with van der Waals surface area (Å²) >= 11 is 1.77. The van der Waals surface area contributed by atoms with Crippen molar-refractivity contribution in [3.8, 4) is 0 Å². The molecule has 0 bridgehead atoms. The van der Waals surface area contributed by atoms with Gasteiger partial charge in [-0.25, -0.2) is 8.42 Å². The Hall–Kier alpha value is -0.710. The van der Waals surface area contributed by atoms with Gasteiger partial charge in [0, 0.05) is 26.4 Å². The topological polar surface area (TPSA) is 81.3 Å². The number of alkyl halides is 3. The Bertz CT molecular complexity index is 556. The highest BCUT2D eigenvalue weighted by atomic mass is 32.2. The van der Waals surface area contributed by atoms with Gasteiger partial charge in [0.15, 0.2) is 15.8 Å². The molecule has 1 N–H and O–H groups in total. The summed E-state index contributed by atoms with van der Waals surface area (Å²) < 4.78 is 61.2. The van der Waals surface area contributed by atoms with Crippen LogP contribution >= 0.6 is 11.3 Å². The van der Waals surface area contributed by atoms with E-state index in [9.17, 15) is 13.2 Å². The fourth-order valence-corrected chi connectivity index (χ4v) is 2.74. The van der Waals surface area contributed by atoms with Gasteiger partial charge in [-0.2, -0.15) is 17.7 Å². The average Bonchev–Trinajstić information content (AvgIpc) is 2.75. The summed E-state index contributed by atoms with van der Waals surface area (Å²) in [5.74, 6) is 0. The van der Waals surface area contributed by atoms with Crippen molar-refractivity contribution in [1.82, 2.24) is 0 Å². The van der Waals surface area contributed by atoms with Crippen LogP contribution in [0.5, 0.6) is 0 Å². The molecule has 0 saturated heterocycles. The SMILES string of the molecule is CCCCCC[n+]1csc(CCO)c1C.O=S(=O)([O-])C(F)(F)F. The van der Waals surface area contributed by atoms with Gasteiger partial charge in [0.05, 0.1) is 4.88 Å². The van der Waals surface area contributed by atoms with Crippen LogP contribution in [-0.4, -0.2) is 30.2 Å². The van der Waals surface area contributed by atoms with Crippen molar-refractivity contribution < 1.29 is 35.8 Å². The van der Waals surface area contributed by atoms with Gasteiger partial charge in [0.2, 0.25) is 5.51 Å². The molecule has 1 heterocycles. The van der Waals surface area contributed by atoms with E-state index in [0.717, 1.165) is 13.0 Å². The van der Waals surface area contributed by atoms with Crippen LogP contribution < -0.4 is 4.57 Å². The molecule has 0 saturated carbocycles. The number of aliphatic hydroxyl groups excluding tert-OH is 1. The highest BCUT2D eigenvalue weighted by Crippen LogP contribution is 2.20. The third-order valence-corrected chi connectivity index (χ3v) is 4.74. The third kappa shape index (κ3) is 8.63. The summed E-state index contributed by atoms with van der Waals surface area (Å²) in [6.45, 7) is 5.79. The predicted octanol–water partition coefficient (Wildman–Crippen LogP) is 2.51. The van der Waals surface area contributed by atoms with Crippen LogP contribution in [0.15, 0.2) is 5.51 Å². The van der Waals surface area contributed by atoms with Gasteiger partial charge in [-0.1, -0.05) is 31.1 Å². The monoisotopic (exact) mass is 377 g/mol. The molecule has 23 heavy (non-hydrogen) atoms. The van der Waals surface area contributed by atoms with Crippen molar-refractivity contribution in [2.45, 2.75) is 58.0 Å². The maximum Gasteiger partial charge on any atom is 0.485 e. The molecule has 0 aliphatic heterocycles. The number of aryl methyl sites for hydroxylation is 1. The number of halogens is 3. The predicted molar refractivity (Wildman–Crippen MR) is 79.9 cm³/mol. The fourth-order valence-electron chi connectivity index (χ4n) is 1.72. The van der Waals surface area contributed by atoms with E-state index in [0.29, 0.717) is 0 Å². The van der Waals surface area contributed by atoms with E-state index in [4.69, 9.17) is 18.1 Å². The molecule has 5 nitrogen and oxygen atoms in total. The summed E-state index contributed by atoms with van der Waals surface area (Å²) in [5, 5.41) is 8.90. The highest BCUT2D eigenvalue weighted by Gasteiger charge is 2.36. The molecule has 1 rings (SSSR count). The standard InChI is InChI=1S/C12H22NOS.CHF3O3S/c1-3-4-5-6-8-13-10-15-12(7-9-14)11(13)2;2-1(3,4)8(5,6)7/h10,14H,3-9H2,1-2H3;(H,5,6,7)/q+1;/p-1. The largest absolute Gasteiger partial charge is 0.741 e. The van der Waals surface area contributed by atoms with Crippen LogP contribution in [0.25, 0.3) is 0 Å². The number of unbranched alkanes of at least 4 members (excludes halogenated alkanes) is 3. The van der Waals surface area contributed by atoms with Gasteiger partial charge in [-0.15, -0.1) is 0 Å². The Morgan fingerprint density at radius 3 is 2.30 bits per heavy atom. The first-order chi connectivity index (χ1) is 10.5. The van der Waals surface area contributed by atoms with Crippen molar-refractivity contribution in [3.05, 3.63) is 16.1 Å². The van der Waals surface area contributed by atoms with Gasteiger partial charge in [-0.05, 0) is 6.42 Å². The first-order valence-electron chi connectivity index (χ1n) is 7.14. The molecule has 0 fully saturated rings.